The molecule has 0 radical (unpaired) electrons. The van der Waals surface area contributed by atoms with Crippen molar-refractivity contribution >= 4 is 41.1 Å². The molecule has 0 aliphatic carbocycles. The van der Waals surface area contributed by atoms with Crippen LogP contribution >= 0.6 is 23.2 Å². The standard InChI is InChI=1S/C24H25Cl2NO3/c1-2-3-4-5-6-7-14-29-19-11-8-17(9-12-19)15-22-24(28)30-23(27-22)20-13-10-18(25)16-21(20)26/h8-13,15-16H,2-7,14H2,1H3/b22-15-. The minimum absolute atomic E-state index is 0.173. The molecule has 1 aliphatic heterocycles. The van der Waals surface area contributed by atoms with Gasteiger partial charge in [0.1, 0.15) is 5.75 Å². The molecule has 2 aromatic carbocycles. The van der Waals surface area contributed by atoms with Gasteiger partial charge in [-0.25, -0.2) is 9.79 Å². The van der Waals surface area contributed by atoms with Crippen LogP contribution in [0.1, 0.15) is 56.6 Å². The highest BCUT2D eigenvalue weighted by molar-refractivity contribution is 6.37. The number of unbranched alkanes of at least 4 members (excludes halogenated alkanes) is 5. The van der Waals surface area contributed by atoms with E-state index < -0.39 is 5.97 Å². The van der Waals surface area contributed by atoms with Crippen molar-refractivity contribution in [1.82, 2.24) is 0 Å². The van der Waals surface area contributed by atoms with Crippen LogP contribution in [-0.4, -0.2) is 18.5 Å². The average Bonchev–Trinajstić information content (AvgIpc) is 3.08. The number of ether oxygens (including phenoxy) is 2. The molecule has 0 saturated heterocycles. The van der Waals surface area contributed by atoms with Crippen molar-refractivity contribution < 1.29 is 14.3 Å². The van der Waals surface area contributed by atoms with Gasteiger partial charge in [-0.3, -0.25) is 0 Å². The molecule has 0 N–H and O–H groups in total. The largest absolute Gasteiger partial charge is 0.494 e. The van der Waals surface area contributed by atoms with Gasteiger partial charge in [-0.15, -0.1) is 0 Å². The Bertz CT molecular complexity index is 936. The molecule has 0 unspecified atom stereocenters. The fourth-order valence-corrected chi connectivity index (χ4v) is 3.57. The molecular weight excluding hydrogens is 421 g/mol. The number of rotatable bonds is 10. The summed E-state index contributed by atoms with van der Waals surface area (Å²) in [6.45, 7) is 2.94. The van der Waals surface area contributed by atoms with E-state index in [1.165, 1.54) is 32.1 Å². The molecule has 4 nitrogen and oxygen atoms in total. The Hall–Kier alpha value is -2.30. The highest BCUT2D eigenvalue weighted by Gasteiger charge is 2.25. The Morgan fingerprint density at radius 1 is 1.00 bits per heavy atom. The lowest BCUT2D eigenvalue weighted by molar-refractivity contribution is -0.129. The van der Waals surface area contributed by atoms with Crippen molar-refractivity contribution in [3.63, 3.8) is 0 Å². The van der Waals surface area contributed by atoms with Gasteiger partial charge in [0.25, 0.3) is 0 Å². The molecule has 0 atom stereocenters. The quantitative estimate of drug-likeness (QED) is 0.223. The normalized spacial score (nSPS) is 14.7. The molecule has 30 heavy (non-hydrogen) atoms. The molecule has 6 heteroatoms. The zero-order valence-electron chi connectivity index (χ0n) is 17.0. The molecule has 0 amide bonds. The molecule has 0 bridgehead atoms. The Kier molecular flexibility index (Phi) is 8.35. The van der Waals surface area contributed by atoms with Crippen molar-refractivity contribution in [2.45, 2.75) is 45.4 Å². The van der Waals surface area contributed by atoms with E-state index in [2.05, 4.69) is 11.9 Å². The predicted octanol–water partition coefficient (Wildman–Crippen LogP) is 7.08. The molecule has 0 aromatic heterocycles. The van der Waals surface area contributed by atoms with Crippen LogP contribution < -0.4 is 4.74 Å². The summed E-state index contributed by atoms with van der Waals surface area (Å²) in [4.78, 5) is 16.5. The van der Waals surface area contributed by atoms with Crippen LogP contribution in [-0.2, 0) is 9.53 Å². The fraction of sp³-hybridized carbons (Fsp3) is 0.333. The fourth-order valence-electron chi connectivity index (χ4n) is 3.08. The number of esters is 1. The summed E-state index contributed by atoms with van der Waals surface area (Å²) in [5.41, 5.74) is 1.58. The third-order valence-corrected chi connectivity index (χ3v) is 5.28. The first-order valence-corrected chi connectivity index (χ1v) is 11.0. The minimum Gasteiger partial charge on any atom is -0.494 e. The topological polar surface area (TPSA) is 47.9 Å². The zero-order valence-corrected chi connectivity index (χ0v) is 18.5. The second kappa shape index (κ2) is 11.2. The molecule has 1 heterocycles. The summed E-state index contributed by atoms with van der Waals surface area (Å²) in [5, 5.41) is 0.880. The maximum atomic E-state index is 12.2. The summed E-state index contributed by atoms with van der Waals surface area (Å²) >= 11 is 12.1. The molecular formula is C24H25Cl2NO3. The maximum Gasteiger partial charge on any atom is 0.363 e. The lowest BCUT2D eigenvalue weighted by Gasteiger charge is -2.06. The number of carbonyl (C=O) groups is 1. The molecule has 0 saturated carbocycles. The number of aliphatic imine (C=N–C) groups is 1. The predicted molar refractivity (Wildman–Crippen MR) is 122 cm³/mol. The number of halogens is 2. The Balaban J connectivity index is 1.57. The van der Waals surface area contributed by atoms with E-state index in [1.807, 2.05) is 24.3 Å². The third kappa shape index (κ3) is 6.35. The minimum atomic E-state index is -0.514. The number of hydrogen-bond donors (Lipinski definition) is 0. The average molecular weight is 446 g/mol. The van der Waals surface area contributed by atoms with E-state index in [9.17, 15) is 4.79 Å². The molecule has 0 spiro atoms. The molecule has 1 aliphatic rings. The summed E-state index contributed by atoms with van der Waals surface area (Å²) in [6, 6.07) is 12.5. The smallest absolute Gasteiger partial charge is 0.363 e. The van der Waals surface area contributed by atoms with Crippen LogP contribution in [0.5, 0.6) is 5.75 Å². The molecule has 2 aromatic rings. The van der Waals surface area contributed by atoms with Gasteiger partial charge in [0, 0.05) is 5.02 Å². The number of carbonyl (C=O) groups excluding carboxylic acids is 1. The summed E-state index contributed by atoms with van der Waals surface area (Å²) in [6.07, 6.45) is 9.08. The van der Waals surface area contributed by atoms with Crippen molar-refractivity contribution in [3.05, 3.63) is 69.3 Å². The van der Waals surface area contributed by atoms with Crippen LogP contribution in [0.25, 0.3) is 6.08 Å². The summed E-state index contributed by atoms with van der Waals surface area (Å²) < 4.78 is 11.1. The first-order valence-electron chi connectivity index (χ1n) is 10.3. The molecule has 158 valence electrons. The van der Waals surface area contributed by atoms with E-state index in [1.54, 1.807) is 24.3 Å². The highest BCUT2D eigenvalue weighted by atomic mass is 35.5. The van der Waals surface area contributed by atoms with E-state index in [4.69, 9.17) is 32.7 Å². The summed E-state index contributed by atoms with van der Waals surface area (Å²) in [7, 11) is 0. The molecule has 0 fully saturated rings. The van der Waals surface area contributed by atoms with Crippen molar-refractivity contribution in [2.75, 3.05) is 6.61 Å². The maximum absolute atomic E-state index is 12.2. The van der Waals surface area contributed by atoms with Crippen LogP contribution in [0, 0.1) is 0 Å². The number of nitrogens with zero attached hydrogens (tertiary/aromatic N) is 1. The second-order valence-electron chi connectivity index (χ2n) is 7.15. The van der Waals surface area contributed by atoms with Crippen LogP contribution in [0.4, 0.5) is 0 Å². The SMILES string of the molecule is CCCCCCCCOc1ccc(/C=C2\N=C(c3ccc(Cl)cc3Cl)OC2=O)cc1. The monoisotopic (exact) mass is 445 g/mol. The first-order chi connectivity index (χ1) is 14.6. The van der Waals surface area contributed by atoms with Gasteiger partial charge < -0.3 is 9.47 Å². The Morgan fingerprint density at radius 2 is 1.73 bits per heavy atom. The lowest BCUT2D eigenvalue weighted by atomic mass is 10.1. The van der Waals surface area contributed by atoms with E-state index in [0.717, 1.165) is 17.7 Å². The van der Waals surface area contributed by atoms with E-state index in [0.29, 0.717) is 22.2 Å². The van der Waals surface area contributed by atoms with Crippen LogP contribution in [0.3, 0.4) is 0 Å². The van der Waals surface area contributed by atoms with Crippen LogP contribution in [0.15, 0.2) is 53.2 Å². The van der Waals surface area contributed by atoms with Gasteiger partial charge in [-0.1, -0.05) is 74.4 Å². The first kappa shape index (κ1) is 22.4. The van der Waals surface area contributed by atoms with Crippen molar-refractivity contribution in [3.8, 4) is 5.75 Å². The second-order valence-corrected chi connectivity index (χ2v) is 7.99. The van der Waals surface area contributed by atoms with Gasteiger partial charge >= 0.3 is 5.97 Å². The third-order valence-electron chi connectivity index (χ3n) is 4.73. The molecule has 3 rings (SSSR count). The van der Waals surface area contributed by atoms with Crippen molar-refractivity contribution in [2.24, 2.45) is 4.99 Å². The van der Waals surface area contributed by atoms with Crippen molar-refractivity contribution in [1.29, 1.82) is 0 Å². The van der Waals surface area contributed by atoms with E-state index >= 15 is 0 Å². The van der Waals surface area contributed by atoms with Gasteiger partial charge in [-0.05, 0) is 48.4 Å². The van der Waals surface area contributed by atoms with Gasteiger partial charge in [-0.2, -0.15) is 0 Å². The number of cyclic esters (lactones) is 1. The Morgan fingerprint density at radius 3 is 2.47 bits per heavy atom. The lowest BCUT2D eigenvalue weighted by Crippen LogP contribution is -2.05. The van der Waals surface area contributed by atoms with Gasteiger partial charge in [0.15, 0.2) is 5.70 Å². The Labute approximate surface area is 187 Å². The summed E-state index contributed by atoms with van der Waals surface area (Å²) in [5.74, 6) is 0.475. The highest BCUT2D eigenvalue weighted by Crippen LogP contribution is 2.26. The number of benzene rings is 2. The van der Waals surface area contributed by atoms with E-state index in [-0.39, 0.29) is 11.6 Å². The van der Waals surface area contributed by atoms with Crippen LogP contribution in [0.2, 0.25) is 10.0 Å². The zero-order chi connectivity index (χ0) is 21.3. The number of hydrogen-bond acceptors (Lipinski definition) is 4. The van der Waals surface area contributed by atoms with Gasteiger partial charge in [0.05, 0.1) is 17.2 Å². The van der Waals surface area contributed by atoms with Gasteiger partial charge in [0.2, 0.25) is 5.90 Å².